The van der Waals surface area contributed by atoms with Crippen molar-refractivity contribution in [1.82, 2.24) is 0 Å². The molecule has 0 saturated carbocycles. The molecular formula is C14H16BrNO3. The van der Waals surface area contributed by atoms with Crippen molar-refractivity contribution in [2.75, 3.05) is 13.7 Å². The fourth-order valence-electron chi connectivity index (χ4n) is 1.71. The number of hydrogen-bond donors (Lipinski definition) is 0. The van der Waals surface area contributed by atoms with Gasteiger partial charge in [-0.15, -0.1) is 0 Å². The Hall–Kier alpha value is -1.54. The van der Waals surface area contributed by atoms with Crippen LogP contribution in [0, 0.1) is 16.7 Å². The van der Waals surface area contributed by atoms with E-state index in [2.05, 4.69) is 15.9 Å². The van der Waals surface area contributed by atoms with E-state index < -0.39 is 11.4 Å². The molecule has 0 radical (unpaired) electrons. The summed E-state index contributed by atoms with van der Waals surface area (Å²) < 4.78 is 11.1. The van der Waals surface area contributed by atoms with E-state index in [4.69, 9.17) is 9.47 Å². The van der Waals surface area contributed by atoms with E-state index in [1.165, 1.54) is 0 Å². The number of benzene rings is 1. The Bertz CT molecular complexity index is 510. The van der Waals surface area contributed by atoms with Crippen LogP contribution in [0.4, 0.5) is 0 Å². The lowest BCUT2D eigenvalue weighted by atomic mass is 9.85. The van der Waals surface area contributed by atoms with Crippen LogP contribution in [0.1, 0.15) is 19.4 Å². The van der Waals surface area contributed by atoms with Crippen molar-refractivity contribution >= 4 is 21.9 Å². The molecule has 102 valence electrons. The van der Waals surface area contributed by atoms with E-state index in [1.807, 2.05) is 18.2 Å². The van der Waals surface area contributed by atoms with Gasteiger partial charge in [-0.1, -0.05) is 15.9 Å². The van der Waals surface area contributed by atoms with Crippen LogP contribution in [-0.4, -0.2) is 19.7 Å². The number of ether oxygens (including phenoxy) is 2. The van der Waals surface area contributed by atoms with Crippen molar-refractivity contribution in [3.63, 3.8) is 0 Å². The maximum absolute atomic E-state index is 11.9. The molecule has 0 amide bonds. The molecule has 19 heavy (non-hydrogen) atoms. The maximum atomic E-state index is 11.9. The van der Waals surface area contributed by atoms with Crippen molar-refractivity contribution in [2.24, 2.45) is 5.41 Å². The zero-order valence-corrected chi connectivity index (χ0v) is 12.8. The van der Waals surface area contributed by atoms with Crippen LogP contribution in [0.3, 0.4) is 0 Å². The van der Waals surface area contributed by atoms with Gasteiger partial charge in [0, 0.05) is 10.9 Å². The summed E-state index contributed by atoms with van der Waals surface area (Å²) in [5.74, 6) is 0.133. The van der Waals surface area contributed by atoms with Gasteiger partial charge in [-0.3, -0.25) is 4.79 Å². The Kier molecular flexibility index (Phi) is 5.37. The largest absolute Gasteiger partial charge is 0.496 e. The lowest BCUT2D eigenvalue weighted by Gasteiger charge is -2.20. The van der Waals surface area contributed by atoms with Gasteiger partial charge >= 0.3 is 5.97 Å². The van der Waals surface area contributed by atoms with Crippen LogP contribution < -0.4 is 4.74 Å². The van der Waals surface area contributed by atoms with Crippen LogP contribution in [0.25, 0.3) is 0 Å². The topological polar surface area (TPSA) is 59.3 Å². The molecular weight excluding hydrogens is 310 g/mol. The minimum absolute atomic E-state index is 0.241. The highest BCUT2D eigenvalue weighted by Gasteiger charge is 2.36. The summed E-state index contributed by atoms with van der Waals surface area (Å²) >= 11 is 3.37. The van der Waals surface area contributed by atoms with Gasteiger partial charge < -0.3 is 9.47 Å². The molecule has 1 rings (SSSR count). The van der Waals surface area contributed by atoms with Crippen LogP contribution in [0.2, 0.25) is 0 Å². The number of nitriles is 1. The minimum atomic E-state index is -1.22. The van der Waals surface area contributed by atoms with Gasteiger partial charge in [-0.2, -0.15) is 5.26 Å². The second kappa shape index (κ2) is 6.58. The highest BCUT2D eigenvalue weighted by molar-refractivity contribution is 9.10. The molecule has 1 unspecified atom stereocenters. The fraction of sp³-hybridized carbons (Fsp3) is 0.429. The number of carbonyl (C=O) groups is 1. The first-order valence-electron chi connectivity index (χ1n) is 5.87. The normalized spacial score (nSPS) is 13.2. The minimum Gasteiger partial charge on any atom is -0.496 e. The quantitative estimate of drug-likeness (QED) is 0.780. The molecule has 1 atom stereocenters. The van der Waals surface area contributed by atoms with E-state index >= 15 is 0 Å². The number of hydrogen-bond acceptors (Lipinski definition) is 4. The third kappa shape index (κ3) is 3.71. The van der Waals surface area contributed by atoms with Gasteiger partial charge in [0.1, 0.15) is 5.75 Å². The van der Waals surface area contributed by atoms with E-state index in [0.717, 1.165) is 10.0 Å². The zero-order chi connectivity index (χ0) is 14.5. The van der Waals surface area contributed by atoms with Gasteiger partial charge in [-0.05, 0) is 37.6 Å². The highest BCUT2D eigenvalue weighted by Crippen LogP contribution is 2.31. The standard InChI is InChI=1S/C14H16BrNO3/c1-4-19-13(17)14(2,9-16)8-10-7-11(15)5-6-12(10)18-3/h5-7H,4,8H2,1-3H3. The summed E-state index contributed by atoms with van der Waals surface area (Å²) in [7, 11) is 1.56. The van der Waals surface area contributed by atoms with E-state index in [1.54, 1.807) is 27.0 Å². The lowest BCUT2D eigenvalue weighted by Crippen LogP contribution is -2.30. The molecule has 5 heteroatoms. The SMILES string of the molecule is CCOC(=O)C(C)(C#N)Cc1cc(Br)ccc1OC. The summed E-state index contributed by atoms with van der Waals surface area (Å²) in [6.45, 7) is 3.55. The van der Waals surface area contributed by atoms with Crippen LogP contribution in [0.15, 0.2) is 22.7 Å². The molecule has 0 aliphatic rings. The van der Waals surface area contributed by atoms with Crippen LogP contribution in [0.5, 0.6) is 5.75 Å². The third-order valence-corrected chi connectivity index (χ3v) is 3.25. The summed E-state index contributed by atoms with van der Waals surface area (Å²) in [4.78, 5) is 11.9. The molecule has 0 heterocycles. The Balaban J connectivity index is 3.08. The van der Waals surface area contributed by atoms with E-state index in [-0.39, 0.29) is 13.0 Å². The Labute approximate surface area is 121 Å². The summed E-state index contributed by atoms with van der Waals surface area (Å²) in [5.41, 5.74) is -0.432. The van der Waals surface area contributed by atoms with E-state index in [9.17, 15) is 10.1 Å². The summed E-state index contributed by atoms with van der Waals surface area (Å²) in [6, 6.07) is 7.52. The fourth-order valence-corrected chi connectivity index (χ4v) is 2.12. The molecule has 0 N–H and O–H groups in total. The lowest BCUT2D eigenvalue weighted by molar-refractivity contribution is -0.151. The molecule has 0 aliphatic heterocycles. The molecule has 0 aromatic heterocycles. The smallest absolute Gasteiger partial charge is 0.326 e. The molecule has 0 aliphatic carbocycles. The summed E-state index contributed by atoms with van der Waals surface area (Å²) in [6.07, 6.45) is 0.241. The molecule has 0 fully saturated rings. The van der Waals surface area contributed by atoms with Crippen LogP contribution in [-0.2, 0) is 16.0 Å². The first kappa shape index (κ1) is 15.5. The number of esters is 1. The number of rotatable bonds is 5. The first-order valence-corrected chi connectivity index (χ1v) is 6.67. The predicted molar refractivity (Wildman–Crippen MR) is 74.8 cm³/mol. The van der Waals surface area contributed by atoms with Crippen molar-refractivity contribution in [3.8, 4) is 11.8 Å². The molecule has 0 saturated heterocycles. The zero-order valence-electron chi connectivity index (χ0n) is 11.2. The maximum Gasteiger partial charge on any atom is 0.326 e. The van der Waals surface area contributed by atoms with E-state index in [0.29, 0.717) is 5.75 Å². The highest BCUT2D eigenvalue weighted by atomic mass is 79.9. The monoisotopic (exact) mass is 325 g/mol. The molecule has 0 spiro atoms. The third-order valence-electron chi connectivity index (χ3n) is 2.76. The average Bonchev–Trinajstić information content (AvgIpc) is 2.39. The predicted octanol–water partition coefficient (Wildman–Crippen LogP) is 3.09. The number of carbonyl (C=O) groups excluding carboxylic acids is 1. The molecule has 1 aromatic carbocycles. The second-order valence-electron chi connectivity index (χ2n) is 4.30. The molecule has 0 bridgehead atoms. The van der Waals surface area contributed by atoms with Gasteiger partial charge in [0.2, 0.25) is 0 Å². The van der Waals surface area contributed by atoms with Gasteiger partial charge in [0.15, 0.2) is 5.41 Å². The first-order chi connectivity index (χ1) is 8.96. The second-order valence-corrected chi connectivity index (χ2v) is 5.21. The Morgan fingerprint density at radius 2 is 2.21 bits per heavy atom. The number of methoxy groups -OCH3 is 1. The number of nitrogens with zero attached hydrogens (tertiary/aromatic N) is 1. The summed E-state index contributed by atoms with van der Waals surface area (Å²) in [5, 5.41) is 9.27. The average molecular weight is 326 g/mol. The van der Waals surface area contributed by atoms with Crippen molar-refractivity contribution in [2.45, 2.75) is 20.3 Å². The van der Waals surface area contributed by atoms with Crippen molar-refractivity contribution in [1.29, 1.82) is 5.26 Å². The number of halogens is 1. The Morgan fingerprint density at radius 3 is 2.74 bits per heavy atom. The van der Waals surface area contributed by atoms with Gasteiger partial charge in [-0.25, -0.2) is 0 Å². The van der Waals surface area contributed by atoms with Gasteiger partial charge in [0.25, 0.3) is 0 Å². The van der Waals surface area contributed by atoms with Crippen molar-refractivity contribution < 1.29 is 14.3 Å². The molecule has 4 nitrogen and oxygen atoms in total. The van der Waals surface area contributed by atoms with Crippen molar-refractivity contribution in [3.05, 3.63) is 28.2 Å². The Morgan fingerprint density at radius 1 is 1.53 bits per heavy atom. The van der Waals surface area contributed by atoms with Gasteiger partial charge in [0.05, 0.1) is 19.8 Å². The van der Waals surface area contributed by atoms with Crippen LogP contribution >= 0.6 is 15.9 Å². The molecule has 1 aromatic rings.